The molecule has 2 aliphatic rings. The van der Waals surface area contributed by atoms with Crippen LogP contribution in [0.15, 0.2) is 0 Å². The van der Waals surface area contributed by atoms with Crippen molar-refractivity contribution in [1.82, 2.24) is 15.0 Å². The van der Waals surface area contributed by atoms with Crippen molar-refractivity contribution < 1.29 is 0 Å². The van der Waals surface area contributed by atoms with Gasteiger partial charge < -0.3 is 15.5 Å². The minimum atomic E-state index is 0.338. The number of nitrogens with zero attached hydrogens (tertiary/aromatic N) is 5. The van der Waals surface area contributed by atoms with Crippen molar-refractivity contribution in [2.45, 2.75) is 32.6 Å². The molecule has 0 aliphatic carbocycles. The molecule has 1 unspecified atom stereocenters. The lowest BCUT2D eigenvalue weighted by atomic mass is 10.1. The van der Waals surface area contributed by atoms with E-state index in [1.54, 1.807) is 0 Å². The molecule has 0 aromatic carbocycles. The molecule has 0 spiro atoms. The summed E-state index contributed by atoms with van der Waals surface area (Å²) in [6.45, 7) is 6.35. The van der Waals surface area contributed by atoms with E-state index in [2.05, 4.69) is 31.7 Å². The van der Waals surface area contributed by atoms with Gasteiger partial charge in [0.15, 0.2) is 0 Å². The highest BCUT2D eigenvalue weighted by molar-refractivity contribution is 5.44. The van der Waals surface area contributed by atoms with E-state index >= 15 is 0 Å². The molecule has 0 bridgehead atoms. The standard InChI is InChI=1S/C13H22N6/c1-10-5-8-19(9-10)13-16-11(14)15-12(17-13)18-6-3-2-4-7-18/h10H,2-9H2,1H3,(H2,14,15,16,17). The Bertz CT molecular complexity index is 420. The first-order valence-corrected chi connectivity index (χ1v) is 7.24. The normalized spacial score (nSPS) is 23.9. The first-order chi connectivity index (χ1) is 9.22. The quantitative estimate of drug-likeness (QED) is 0.866. The van der Waals surface area contributed by atoms with Gasteiger partial charge in [0.05, 0.1) is 0 Å². The number of hydrogen-bond donors (Lipinski definition) is 1. The Labute approximate surface area is 114 Å². The Morgan fingerprint density at radius 3 is 2.26 bits per heavy atom. The Hall–Kier alpha value is -1.59. The average Bonchev–Trinajstić information content (AvgIpc) is 2.86. The van der Waals surface area contributed by atoms with E-state index < -0.39 is 0 Å². The summed E-state index contributed by atoms with van der Waals surface area (Å²) in [6.07, 6.45) is 4.92. The van der Waals surface area contributed by atoms with Gasteiger partial charge in [-0.2, -0.15) is 15.0 Å². The summed E-state index contributed by atoms with van der Waals surface area (Å²) >= 11 is 0. The van der Waals surface area contributed by atoms with Crippen LogP contribution in [-0.2, 0) is 0 Å². The largest absolute Gasteiger partial charge is 0.368 e. The van der Waals surface area contributed by atoms with Gasteiger partial charge in [-0.3, -0.25) is 0 Å². The fourth-order valence-electron chi connectivity index (χ4n) is 2.86. The number of nitrogens with two attached hydrogens (primary N) is 1. The third kappa shape index (κ3) is 2.72. The highest BCUT2D eigenvalue weighted by atomic mass is 15.4. The van der Waals surface area contributed by atoms with Gasteiger partial charge in [-0.25, -0.2) is 0 Å². The molecule has 6 nitrogen and oxygen atoms in total. The van der Waals surface area contributed by atoms with Gasteiger partial charge in [0.25, 0.3) is 0 Å². The van der Waals surface area contributed by atoms with Gasteiger partial charge in [0, 0.05) is 26.2 Å². The number of piperidine rings is 1. The molecular formula is C13H22N6. The van der Waals surface area contributed by atoms with Crippen LogP contribution in [0.2, 0.25) is 0 Å². The second-order valence-electron chi connectivity index (χ2n) is 5.68. The molecule has 1 aromatic heterocycles. The Morgan fingerprint density at radius 1 is 0.947 bits per heavy atom. The monoisotopic (exact) mass is 262 g/mol. The summed E-state index contributed by atoms with van der Waals surface area (Å²) in [5, 5.41) is 0. The van der Waals surface area contributed by atoms with Gasteiger partial charge in [-0.05, 0) is 31.6 Å². The van der Waals surface area contributed by atoms with E-state index in [0.717, 1.165) is 38.1 Å². The lowest BCUT2D eigenvalue weighted by Gasteiger charge is -2.27. The zero-order chi connectivity index (χ0) is 13.2. The van der Waals surface area contributed by atoms with Crippen LogP contribution in [0, 0.1) is 5.92 Å². The average molecular weight is 262 g/mol. The maximum atomic E-state index is 5.85. The maximum Gasteiger partial charge on any atom is 0.231 e. The molecule has 2 N–H and O–H groups in total. The van der Waals surface area contributed by atoms with E-state index in [9.17, 15) is 0 Å². The summed E-state index contributed by atoms with van der Waals surface area (Å²) in [5.74, 6) is 2.54. The number of hydrogen-bond acceptors (Lipinski definition) is 6. The van der Waals surface area contributed by atoms with Gasteiger partial charge in [0.1, 0.15) is 0 Å². The first kappa shape index (κ1) is 12.4. The summed E-state index contributed by atoms with van der Waals surface area (Å²) in [6, 6.07) is 0. The number of nitrogen functional groups attached to an aromatic ring is 1. The number of rotatable bonds is 2. The fourth-order valence-corrected chi connectivity index (χ4v) is 2.86. The van der Waals surface area contributed by atoms with Crippen molar-refractivity contribution in [3.63, 3.8) is 0 Å². The Kier molecular flexibility index (Phi) is 3.40. The second-order valence-corrected chi connectivity index (χ2v) is 5.68. The third-order valence-electron chi connectivity index (χ3n) is 3.97. The molecular weight excluding hydrogens is 240 g/mol. The molecule has 0 amide bonds. The van der Waals surface area contributed by atoms with Gasteiger partial charge in [-0.15, -0.1) is 0 Å². The van der Waals surface area contributed by atoms with Crippen molar-refractivity contribution in [2.24, 2.45) is 5.92 Å². The molecule has 19 heavy (non-hydrogen) atoms. The zero-order valence-electron chi connectivity index (χ0n) is 11.5. The lowest BCUT2D eigenvalue weighted by molar-refractivity contribution is 0.567. The van der Waals surface area contributed by atoms with E-state index in [1.807, 2.05) is 0 Å². The third-order valence-corrected chi connectivity index (χ3v) is 3.97. The SMILES string of the molecule is CC1CCN(c2nc(N)nc(N3CCCCC3)n2)C1. The van der Waals surface area contributed by atoms with Crippen LogP contribution in [0.3, 0.4) is 0 Å². The number of anilines is 3. The zero-order valence-corrected chi connectivity index (χ0v) is 11.5. The van der Waals surface area contributed by atoms with E-state index in [4.69, 9.17) is 5.73 Å². The van der Waals surface area contributed by atoms with Crippen LogP contribution in [0.1, 0.15) is 32.6 Å². The van der Waals surface area contributed by atoms with Gasteiger partial charge in [-0.1, -0.05) is 6.92 Å². The summed E-state index contributed by atoms with van der Waals surface area (Å²) in [4.78, 5) is 17.7. The summed E-state index contributed by atoms with van der Waals surface area (Å²) < 4.78 is 0. The van der Waals surface area contributed by atoms with Gasteiger partial charge in [0.2, 0.25) is 17.8 Å². The molecule has 104 valence electrons. The fraction of sp³-hybridized carbons (Fsp3) is 0.769. The highest BCUT2D eigenvalue weighted by Gasteiger charge is 2.23. The van der Waals surface area contributed by atoms with Crippen molar-refractivity contribution in [1.29, 1.82) is 0 Å². The predicted octanol–water partition coefficient (Wildman–Crippen LogP) is 1.29. The van der Waals surface area contributed by atoms with Crippen LogP contribution in [0.25, 0.3) is 0 Å². The molecule has 1 aromatic rings. The second kappa shape index (κ2) is 5.19. The minimum absolute atomic E-state index is 0.338. The van der Waals surface area contributed by atoms with Crippen LogP contribution in [-0.4, -0.2) is 41.1 Å². The maximum absolute atomic E-state index is 5.85. The van der Waals surface area contributed by atoms with Crippen molar-refractivity contribution in [2.75, 3.05) is 41.7 Å². The molecule has 2 aliphatic heterocycles. The molecule has 2 saturated heterocycles. The van der Waals surface area contributed by atoms with Crippen molar-refractivity contribution in [3.8, 4) is 0 Å². The topological polar surface area (TPSA) is 71.2 Å². The van der Waals surface area contributed by atoms with E-state index in [1.165, 1.54) is 25.7 Å². The lowest BCUT2D eigenvalue weighted by Crippen LogP contribution is -2.32. The molecule has 2 fully saturated rings. The van der Waals surface area contributed by atoms with E-state index in [-0.39, 0.29) is 0 Å². The molecule has 1 atom stereocenters. The van der Waals surface area contributed by atoms with Crippen LogP contribution in [0.5, 0.6) is 0 Å². The first-order valence-electron chi connectivity index (χ1n) is 7.24. The predicted molar refractivity (Wildman–Crippen MR) is 76.3 cm³/mol. The smallest absolute Gasteiger partial charge is 0.231 e. The summed E-state index contributed by atoms with van der Waals surface area (Å²) in [7, 11) is 0. The number of aromatic nitrogens is 3. The van der Waals surface area contributed by atoms with Gasteiger partial charge >= 0.3 is 0 Å². The molecule has 6 heteroatoms. The highest BCUT2D eigenvalue weighted by Crippen LogP contribution is 2.23. The van der Waals surface area contributed by atoms with Crippen molar-refractivity contribution >= 4 is 17.8 Å². The Morgan fingerprint density at radius 2 is 1.63 bits per heavy atom. The molecule has 3 heterocycles. The van der Waals surface area contributed by atoms with Crippen LogP contribution in [0.4, 0.5) is 17.8 Å². The Balaban J connectivity index is 1.83. The van der Waals surface area contributed by atoms with Crippen LogP contribution >= 0.6 is 0 Å². The van der Waals surface area contributed by atoms with Crippen molar-refractivity contribution in [3.05, 3.63) is 0 Å². The van der Waals surface area contributed by atoms with E-state index in [0.29, 0.717) is 11.9 Å². The molecule has 3 rings (SSSR count). The van der Waals surface area contributed by atoms with Crippen LogP contribution < -0.4 is 15.5 Å². The molecule has 0 saturated carbocycles. The minimum Gasteiger partial charge on any atom is -0.368 e. The molecule has 0 radical (unpaired) electrons. The summed E-state index contributed by atoms with van der Waals surface area (Å²) in [5.41, 5.74) is 5.85.